The predicted molar refractivity (Wildman–Crippen MR) is 99.4 cm³/mol. The van der Waals surface area contributed by atoms with E-state index in [1.807, 2.05) is 30.7 Å². The number of benzene rings is 2. The fraction of sp³-hybridized carbons (Fsp3) is 0.250. The summed E-state index contributed by atoms with van der Waals surface area (Å²) in [5.74, 6) is 2.31. The summed E-state index contributed by atoms with van der Waals surface area (Å²) in [6.07, 6.45) is 3.86. The predicted octanol–water partition coefficient (Wildman–Crippen LogP) is 3.87. The third-order valence-corrected chi connectivity index (χ3v) is 4.00. The Hall–Kier alpha value is -2.95. The summed E-state index contributed by atoms with van der Waals surface area (Å²) in [4.78, 5) is 4.42. The number of aryl methyl sites for hydroxylation is 1. The summed E-state index contributed by atoms with van der Waals surface area (Å²) >= 11 is 0. The van der Waals surface area contributed by atoms with Crippen LogP contribution in [-0.4, -0.2) is 23.8 Å². The van der Waals surface area contributed by atoms with Crippen molar-refractivity contribution >= 4 is 5.82 Å². The maximum Gasteiger partial charge on any atom is 0.161 e. The van der Waals surface area contributed by atoms with E-state index >= 15 is 0 Å². The van der Waals surface area contributed by atoms with Crippen molar-refractivity contribution < 1.29 is 9.47 Å². The average Bonchev–Trinajstić information content (AvgIpc) is 3.07. The van der Waals surface area contributed by atoms with Crippen LogP contribution in [-0.2, 0) is 13.1 Å². The molecule has 0 amide bonds. The molecule has 0 aliphatic rings. The van der Waals surface area contributed by atoms with E-state index in [-0.39, 0.29) is 0 Å². The molecule has 0 unspecified atom stereocenters. The average molecular weight is 337 g/mol. The number of hydrogen-bond acceptors (Lipinski definition) is 4. The molecule has 3 rings (SSSR count). The van der Waals surface area contributed by atoms with Crippen LogP contribution < -0.4 is 14.8 Å². The van der Waals surface area contributed by atoms with E-state index in [2.05, 4.69) is 46.1 Å². The van der Waals surface area contributed by atoms with Crippen LogP contribution in [0.3, 0.4) is 0 Å². The molecule has 3 aromatic rings. The van der Waals surface area contributed by atoms with Crippen LogP contribution in [0.25, 0.3) is 0 Å². The first-order chi connectivity index (χ1) is 12.2. The fourth-order valence-electron chi connectivity index (χ4n) is 2.74. The van der Waals surface area contributed by atoms with Gasteiger partial charge in [-0.05, 0) is 30.2 Å². The molecular weight excluding hydrogens is 314 g/mol. The third kappa shape index (κ3) is 4.32. The first-order valence-electron chi connectivity index (χ1n) is 8.20. The number of anilines is 1. The van der Waals surface area contributed by atoms with Crippen LogP contribution in [0.1, 0.15) is 16.7 Å². The van der Waals surface area contributed by atoms with Crippen molar-refractivity contribution in [1.82, 2.24) is 9.55 Å². The molecule has 0 spiro atoms. The maximum atomic E-state index is 5.34. The van der Waals surface area contributed by atoms with Crippen molar-refractivity contribution in [2.75, 3.05) is 19.5 Å². The Morgan fingerprint density at radius 3 is 2.60 bits per heavy atom. The minimum Gasteiger partial charge on any atom is -0.493 e. The monoisotopic (exact) mass is 337 g/mol. The van der Waals surface area contributed by atoms with Gasteiger partial charge in [-0.3, -0.25) is 0 Å². The Kier molecular flexibility index (Phi) is 5.23. The standard InChI is InChI=1S/C20H23N3O2/c1-15-5-4-6-17(9-15)12-23-13-20(22-14-23)21-11-16-7-8-18(24-2)19(10-16)25-3/h4-10,13-14,21H,11-12H2,1-3H3. The summed E-state index contributed by atoms with van der Waals surface area (Å²) in [6.45, 7) is 3.59. The summed E-state index contributed by atoms with van der Waals surface area (Å²) in [7, 11) is 3.28. The van der Waals surface area contributed by atoms with Gasteiger partial charge < -0.3 is 19.4 Å². The van der Waals surface area contributed by atoms with Crippen molar-refractivity contribution in [3.8, 4) is 11.5 Å². The molecule has 1 heterocycles. The molecule has 0 aliphatic carbocycles. The van der Waals surface area contributed by atoms with E-state index in [0.717, 1.165) is 29.4 Å². The SMILES string of the molecule is COc1ccc(CNc2cn(Cc3cccc(C)c3)cn2)cc1OC. The van der Waals surface area contributed by atoms with Crippen LogP contribution in [0.5, 0.6) is 11.5 Å². The van der Waals surface area contributed by atoms with Crippen LogP contribution in [0.4, 0.5) is 5.82 Å². The van der Waals surface area contributed by atoms with E-state index in [9.17, 15) is 0 Å². The normalized spacial score (nSPS) is 10.5. The Labute approximate surface area is 148 Å². The number of hydrogen-bond donors (Lipinski definition) is 1. The highest BCUT2D eigenvalue weighted by Gasteiger charge is 2.05. The van der Waals surface area contributed by atoms with Gasteiger partial charge in [-0.1, -0.05) is 35.9 Å². The lowest BCUT2D eigenvalue weighted by molar-refractivity contribution is 0.354. The summed E-state index contributed by atoms with van der Waals surface area (Å²) in [6, 6.07) is 14.4. The molecule has 0 bridgehead atoms. The number of nitrogens with zero attached hydrogens (tertiary/aromatic N) is 2. The van der Waals surface area contributed by atoms with Gasteiger partial charge in [0.2, 0.25) is 0 Å². The van der Waals surface area contributed by atoms with Crippen molar-refractivity contribution in [1.29, 1.82) is 0 Å². The van der Waals surface area contributed by atoms with Crippen molar-refractivity contribution in [2.45, 2.75) is 20.0 Å². The van der Waals surface area contributed by atoms with Crippen molar-refractivity contribution in [2.24, 2.45) is 0 Å². The molecule has 1 N–H and O–H groups in total. The smallest absolute Gasteiger partial charge is 0.161 e. The molecule has 130 valence electrons. The van der Waals surface area contributed by atoms with Gasteiger partial charge in [-0.2, -0.15) is 0 Å². The van der Waals surface area contributed by atoms with Crippen molar-refractivity contribution in [3.63, 3.8) is 0 Å². The zero-order chi connectivity index (χ0) is 17.6. The second-order valence-electron chi connectivity index (χ2n) is 5.96. The van der Waals surface area contributed by atoms with Crippen LogP contribution in [0.15, 0.2) is 55.0 Å². The van der Waals surface area contributed by atoms with Gasteiger partial charge in [0, 0.05) is 19.3 Å². The first kappa shape index (κ1) is 16.9. The Morgan fingerprint density at radius 1 is 1.00 bits per heavy atom. The Morgan fingerprint density at radius 2 is 1.84 bits per heavy atom. The highest BCUT2D eigenvalue weighted by molar-refractivity contribution is 5.44. The van der Waals surface area contributed by atoms with Crippen LogP contribution >= 0.6 is 0 Å². The zero-order valence-electron chi connectivity index (χ0n) is 14.8. The molecule has 0 saturated heterocycles. The number of aromatic nitrogens is 2. The van der Waals surface area contributed by atoms with Gasteiger partial charge in [-0.25, -0.2) is 4.98 Å². The molecule has 0 saturated carbocycles. The highest BCUT2D eigenvalue weighted by Crippen LogP contribution is 2.27. The molecule has 0 aliphatic heterocycles. The van der Waals surface area contributed by atoms with E-state index in [0.29, 0.717) is 6.54 Å². The quantitative estimate of drug-likeness (QED) is 0.711. The van der Waals surface area contributed by atoms with Crippen LogP contribution in [0, 0.1) is 6.92 Å². The molecule has 25 heavy (non-hydrogen) atoms. The van der Waals surface area contributed by atoms with E-state index in [1.54, 1.807) is 14.2 Å². The van der Waals surface area contributed by atoms with Gasteiger partial charge in [-0.15, -0.1) is 0 Å². The summed E-state index contributed by atoms with van der Waals surface area (Å²) < 4.78 is 12.7. The first-order valence-corrected chi connectivity index (χ1v) is 8.20. The van der Waals surface area contributed by atoms with Gasteiger partial charge in [0.1, 0.15) is 5.82 Å². The van der Waals surface area contributed by atoms with Crippen LogP contribution in [0.2, 0.25) is 0 Å². The topological polar surface area (TPSA) is 48.3 Å². The fourth-order valence-corrected chi connectivity index (χ4v) is 2.74. The highest BCUT2D eigenvalue weighted by atomic mass is 16.5. The number of methoxy groups -OCH3 is 2. The number of nitrogens with one attached hydrogen (secondary N) is 1. The number of ether oxygens (including phenoxy) is 2. The maximum absolute atomic E-state index is 5.34. The lowest BCUT2D eigenvalue weighted by Crippen LogP contribution is -2.01. The largest absolute Gasteiger partial charge is 0.493 e. The minimum absolute atomic E-state index is 0.668. The zero-order valence-corrected chi connectivity index (χ0v) is 14.8. The van der Waals surface area contributed by atoms with E-state index in [1.165, 1.54) is 11.1 Å². The Bertz CT molecular complexity index is 842. The molecule has 5 heteroatoms. The van der Waals surface area contributed by atoms with Gasteiger partial charge in [0.15, 0.2) is 11.5 Å². The van der Waals surface area contributed by atoms with Gasteiger partial charge >= 0.3 is 0 Å². The molecule has 2 aromatic carbocycles. The minimum atomic E-state index is 0.668. The number of imidazole rings is 1. The summed E-state index contributed by atoms with van der Waals surface area (Å²) in [5, 5.41) is 3.34. The van der Waals surface area contributed by atoms with Crippen molar-refractivity contribution in [3.05, 3.63) is 71.7 Å². The molecule has 5 nitrogen and oxygen atoms in total. The second-order valence-corrected chi connectivity index (χ2v) is 5.96. The molecule has 0 atom stereocenters. The number of rotatable bonds is 7. The van der Waals surface area contributed by atoms with Gasteiger partial charge in [0.05, 0.1) is 20.5 Å². The summed E-state index contributed by atoms with van der Waals surface area (Å²) in [5.41, 5.74) is 3.64. The lowest BCUT2D eigenvalue weighted by atomic mass is 10.1. The molecule has 0 fully saturated rings. The van der Waals surface area contributed by atoms with E-state index in [4.69, 9.17) is 9.47 Å². The lowest BCUT2D eigenvalue weighted by Gasteiger charge is -2.10. The molecule has 1 aromatic heterocycles. The molecular formula is C20H23N3O2. The second kappa shape index (κ2) is 7.75. The van der Waals surface area contributed by atoms with Gasteiger partial charge in [0.25, 0.3) is 0 Å². The Balaban J connectivity index is 1.62. The van der Waals surface area contributed by atoms with E-state index < -0.39 is 0 Å². The molecule has 0 radical (unpaired) electrons. The third-order valence-electron chi connectivity index (χ3n) is 4.00.